The zero-order chi connectivity index (χ0) is 21.3. The van der Waals surface area contributed by atoms with Gasteiger partial charge in [-0.2, -0.15) is 5.10 Å². The van der Waals surface area contributed by atoms with E-state index in [9.17, 15) is 18.8 Å². The maximum absolute atomic E-state index is 13.2. The fraction of sp³-hybridized carbons (Fsp3) is 0.100. The van der Waals surface area contributed by atoms with Gasteiger partial charge < -0.3 is 9.15 Å². The lowest BCUT2D eigenvalue weighted by Crippen LogP contribution is -2.33. The molecule has 0 fully saturated rings. The molecule has 10 heteroatoms. The summed E-state index contributed by atoms with van der Waals surface area (Å²) >= 11 is 1.13. The lowest BCUT2D eigenvalue weighted by molar-refractivity contribution is -0.123. The number of carbonyl (C=O) groups excluding carboxylic acids is 3. The number of thiophene rings is 1. The van der Waals surface area contributed by atoms with Gasteiger partial charge in [-0.25, -0.2) is 13.9 Å². The molecule has 0 aliphatic carbocycles. The summed E-state index contributed by atoms with van der Waals surface area (Å²) in [5.74, 6) is -2.60. The van der Waals surface area contributed by atoms with Crippen molar-refractivity contribution in [3.8, 4) is 5.69 Å². The topological polar surface area (TPSA) is 103 Å². The molecular formula is C20H14FN3O5S. The van der Waals surface area contributed by atoms with Crippen LogP contribution in [0.5, 0.6) is 0 Å². The van der Waals surface area contributed by atoms with Crippen LogP contribution >= 0.6 is 11.3 Å². The lowest BCUT2D eigenvalue weighted by atomic mass is 10.3. The van der Waals surface area contributed by atoms with Crippen molar-refractivity contribution >= 4 is 39.3 Å². The van der Waals surface area contributed by atoms with Crippen molar-refractivity contribution in [2.75, 3.05) is 6.61 Å². The quantitative estimate of drug-likeness (QED) is 0.491. The molecule has 8 nitrogen and oxygen atoms in total. The molecule has 1 N–H and O–H groups in total. The van der Waals surface area contributed by atoms with Gasteiger partial charge in [-0.05, 0) is 49.4 Å². The van der Waals surface area contributed by atoms with Crippen molar-refractivity contribution in [1.82, 2.24) is 15.1 Å². The van der Waals surface area contributed by atoms with Crippen LogP contribution in [0.2, 0.25) is 0 Å². The number of benzene rings is 1. The van der Waals surface area contributed by atoms with Gasteiger partial charge in [0.25, 0.3) is 11.8 Å². The number of furan rings is 1. The summed E-state index contributed by atoms with van der Waals surface area (Å²) in [7, 11) is 0. The van der Waals surface area contributed by atoms with E-state index in [1.807, 2.05) is 0 Å². The second-order valence-electron chi connectivity index (χ2n) is 6.23. The van der Waals surface area contributed by atoms with Gasteiger partial charge in [0.15, 0.2) is 12.4 Å². The fourth-order valence-corrected chi connectivity index (χ4v) is 3.82. The van der Waals surface area contributed by atoms with Crippen LogP contribution in [0.15, 0.2) is 53.1 Å². The molecule has 1 aromatic carbocycles. The highest BCUT2D eigenvalue weighted by atomic mass is 32.1. The highest BCUT2D eigenvalue weighted by Crippen LogP contribution is 2.30. The first-order valence-corrected chi connectivity index (χ1v) is 9.54. The predicted octanol–water partition coefficient (Wildman–Crippen LogP) is 3.24. The smallest absolute Gasteiger partial charge is 0.348 e. The van der Waals surface area contributed by atoms with E-state index in [-0.39, 0.29) is 16.5 Å². The Kier molecular flexibility index (Phi) is 5.15. The number of fused-ring (bicyclic) bond motifs is 1. The van der Waals surface area contributed by atoms with Crippen LogP contribution in [0.1, 0.15) is 25.9 Å². The lowest BCUT2D eigenvalue weighted by Gasteiger charge is -2.04. The summed E-state index contributed by atoms with van der Waals surface area (Å²) in [6, 6.07) is 10.3. The van der Waals surface area contributed by atoms with E-state index in [0.717, 1.165) is 16.7 Å². The Hall–Kier alpha value is -3.79. The van der Waals surface area contributed by atoms with Crippen molar-refractivity contribution in [2.24, 2.45) is 0 Å². The number of rotatable bonds is 5. The van der Waals surface area contributed by atoms with E-state index in [0.29, 0.717) is 16.2 Å². The zero-order valence-corrected chi connectivity index (χ0v) is 16.4. The molecule has 0 spiro atoms. The van der Waals surface area contributed by atoms with Gasteiger partial charge in [-0.3, -0.25) is 14.9 Å². The molecule has 152 valence electrons. The van der Waals surface area contributed by atoms with E-state index in [2.05, 4.69) is 10.4 Å². The van der Waals surface area contributed by atoms with Crippen molar-refractivity contribution in [2.45, 2.75) is 6.92 Å². The third-order valence-corrected chi connectivity index (χ3v) is 5.24. The Labute approximate surface area is 172 Å². The maximum atomic E-state index is 13.2. The minimum absolute atomic E-state index is 0.0278. The molecule has 0 unspecified atom stereocenters. The average Bonchev–Trinajstić information content (AvgIpc) is 3.45. The van der Waals surface area contributed by atoms with Crippen molar-refractivity contribution in [1.29, 1.82) is 0 Å². The van der Waals surface area contributed by atoms with E-state index in [1.54, 1.807) is 29.8 Å². The third kappa shape index (κ3) is 3.85. The second kappa shape index (κ2) is 7.91. The largest absolute Gasteiger partial charge is 0.459 e. The number of hydrogen-bond donors (Lipinski definition) is 1. The molecule has 0 aliphatic rings. The highest BCUT2D eigenvalue weighted by molar-refractivity contribution is 7.20. The molecule has 0 aliphatic heterocycles. The zero-order valence-electron chi connectivity index (χ0n) is 15.5. The van der Waals surface area contributed by atoms with E-state index in [4.69, 9.17) is 9.15 Å². The number of aryl methyl sites for hydroxylation is 1. The number of imide groups is 1. The monoisotopic (exact) mass is 427 g/mol. The second-order valence-corrected chi connectivity index (χ2v) is 7.26. The number of carbonyl (C=O) groups is 3. The van der Waals surface area contributed by atoms with Gasteiger partial charge >= 0.3 is 5.97 Å². The van der Waals surface area contributed by atoms with Crippen LogP contribution in [0, 0.1) is 12.7 Å². The number of hydrogen-bond acceptors (Lipinski definition) is 7. The average molecular weight is 427 g/mol. The molecule has 0 radical (unpaired) electrons. The van der Waals surface area contributed by atoms with Crippen LogP contribution in [-0.4, -0.2) is 34.2 Å². The Morgan fingerprint density at radius 2 is 2.00 bits per heavy atom. The number of amides is 2. The van der Waals surface area contributed by atoms with Gasteiger partial charge in [0.2, 0.25) is 0 Å². The van der Waals surface area contributed by atoms with E-state index < -0.39 is 24.4 Å². The van der Waals surface area contributed by atoms with Gasteiger partial charge in [-0.1, -0.05) is 0 Å². The number of nitrogens with one attached hydrogen (secondary N) is 1. The van der Waals surface area contributed by atoms with Crippen LogP contribution in [0.25, 0.3) is 15.9 Å². The Balaban J connectivity index is 1.46. The summed E-state index contributed by atoms with van der Waals surface area (Å²) in [6.07, 6.45) is 1.30. The molecule has 2 amide bonds. The van der Waals surface area contributed by atoms with Crippen molar-refractivity contribution in [3.63, 3.8) is 0 Å². The molecule has 0 saturated carbocycles. The summed E-state index contributed by atoms with van der Waals surface area (Å²) in [4.78, 5) is 36.9. The molecule has 4 aromatic rings. The number of esters is 1. The molecule has 0 atom stereocenters. The van der Waals surface area contributed by atoms with Gasteiger partial charge in [0.1, 0.15) is 15.5 Å². The third-order valence-electron chi connectivity index (χ3n) is 4.15. The summed E-state index contributed by atoms with van der Waals surface area (Å²) in [6.45, 7) is 1.17. The van der Waals surface area contributed by atoms with Crippen molar-refractivity contribution < 1.29 is 27.9 Å². The number of aromatic nitrogens is 2. The summed E-state index contributed by atoms with van der Waals surface area (Å²) in [5, 5.41) is 7.23. The first kappa shape index (κ1) is 19.5. The molecule has 4 rings (SSSR count). The minimum atomic E-state index is -0.778. The number of ether oxygens (including phenoxy) is 1. The van der Waals surface area contributed by atoms with Crippen LogP contribution in [0.3, 0.4) is 0 Å². The van der Waals surface area contributed by atoms with Gasteiger partial charge in [0, 0.05) is 5.39 Å². The molecular weight excluding hydrogens is 413 g/mol. The van der Waals surface area contributed by atoms with E-state index >= 15 is 0 Å². The SMILES string of the molecule is Cc1nn(-c2ccc(F)cc2)c2sc(C(=O)OCC(=O)NC(=O)c3ccco3)cc12. The van der Waals surface area contributed by atoms with Gasteiger partial charge in [-0.15, -0.1) is 11.3 Å². The highest BCUT2D eigenvalue weighted by Gasteiger charge is 2.20. The standard InChI is InChI=1S/C20H14FN3O5S/c1-11-14-9-16(30-19(14)24(23-11)13-6-4-12(21)5-7-13)20(27)29-10-17(25)22-18(26)15-3-2-8-28-15/h2-9H,10H2,1H3,(H,22,25,26). The Morgan fingerprint density at radius 1 is 1.23 bits per heavy atom. The summed E-state index contributed by atoms with van der Waals surface area (Å²) in [5.41, 5.74) is 1.33. The first-order chi connectivity index (χ1) is 14.4. The Bertz CT molecular complexity index is 1240. The number of halogens is 1. The molecule has 30 heavy (non-hydrogen) atoms. The van der Waals surface area contributed by atoms with Gasteiger partial charge in [0.05, 0.1) is 17.6 Å². The fourth-order valence-electron chi connectivity index (χ4n) is 2.74. The normalized spacial score (nSPS) is 10.9. The molecule has 0 bridgehead atoms. The van der Waals surface area contributed by atoms with Crippen LogP contribution in [0.4, 0.5) is 4.39 Å². The molecule has 3 heterocycles. The Morgan fingerprint density at radius 3 is 2.70 bits per heavy atom. The molecule has 3 aromatic heterocycles. The summed E-state index contributed by atoms with van der Waals surface area (Å²) < 4.78 is 24.7. The maximum Gasteiger partial charge on any atom is 0.348 e. The minimum Gasteiger partial charge on any atom is -0.459 e. The molecule has 0 saturated heterocycles. The van der Waals surface area contributed by atoms with Crippen LogP contribution in [-0.2, 0) is 9.53 Å². The predicted molar refractivity (Wildman–Crippen MR) is 105 cm³/mol. The van der Waals surface area contributed by atoms with Crippen LogP contribution < -0.4 is 5.32 Å². The van der Waals surface area contributed by atoms with Crippen molar-refractivity contribution in [3.05, 3.63) is 70.9 Å². The number of nitrogens with zero attached hydrogens (tertiary/aromatic N) is 2. The first-order valence-electron chi connectivity index (χ1n) is 8.72. The van der Waals surface area contributed by atoms with E-state index in [1.165, 1.54) is 30.5 Å².